The van der Waals surface area contributed by atoms with Gasteiger partial charge in [-0.1, -0.05) is 0 Å². The third kappa shape index (κ3) is 1.24. The van der Waals surface area contributed by atoms with Gasteiger partial charge in [0.15, 0.2) is 0 Å². The summed E-state index contributed by atoms with van der Waals surface area (Å²) in [6, 6.07) is 0. The number of carbonyl (C=O) groups excluding carboxylic acids is 1. The van der Waals surface area contributed by atoms with Crippen LogP contribution < -0.4 is 0 Å². The van der Waals surface area contributed by atoms with Crippen LogP contribution in [0.2, 0.25) is 0 Å². The third-order valence-electron chi connectivity index (χ3n) is 1.05. The van der Waals surface area contributed by atoms with Crippen molar-refractivity contribution in [2.75, 3.05) is 0 Å². The molecule has 0 aliphatic carbocycles. The van der Waals surface area contributed by atoms with Gasteiger partial charge >= 0.3 is 0 Å². The Bertz CT molecular complexity index is 278. The monoisotopic (exact) mass is 135 g/mol. The molecule has 10 heavy (non-hydrogen) atoms. The predicted octanol–water partition coefficient (Wildman–Crippen LogP) is 0.752. The van der Waals surface area contributed by atoms with E-state index in [0.717, 1.165) is 0 Å². The molecule has 1 aromatic heterocycles. The Hall–Kier alpha value is -1.54. The highest BCUT2D eigenvalue weighted by atomic mass is 16.1. The van der Waals surface area contributed by atoms with E-state index in [4.69, 9.17) is 0 Å². The van der Waals surface area contributed by atoms with Crippen LogP contribution in [0.15, 0.2) is 17.5 Å². The number of aliphatic imine (C=N–C) groups is 1. The third-order valence-corrected chi connectivity index (χ3v) is 1.05. The van der Waals surface area contributed by atoms with Crippen LogP contribution in [0.5, 0.6) is 0 Å². The van der Waals surface area contributed by atoms with Gasteiger partial charge in [0.2, 0.25) is 6.08 Å². The molecule has 0 fully saturated rings. The average molecular weight is 135 g/mol. The first-order chi connectivity index (χ1) is 4.84. The Balaban J connectivity index is 3.14. The number of rotatable bonds is 1. The lowest BCUT2D eigenvalue weighted by Gasteiger charge is -1.91. The summed E-state index contributed by atoms with van der Waals surface area (Å²) in [6.07, 6.45) is 4.29. The van der Waals surface area contributed by atoms with E-state index in [1.807, 2.05) is 0 Å². The highest BCUT2D eigenvalue weighted by Gasteiger charge is 1.93. The van der Waals surface area contributed by atoms with Crippen molar-refractivity contribution < 1.29 is 4.79 Å². The van der Waals surface area contributed by atoms with Crippen molar-refractivity contribution in [2.24, 2.45) is 4.99 Å². The lowest BCUT2D eigenvalue weighted by atomic mass is 10.4. The SMILES string of the molecule is Cc1ncncc1N=C=O. The van der Waals surface area contributed by atoms with Crippen LogP contribution in [-0.4, -0.2) is 16.0 Å². The van der Waals surface area contributed by atoms with Gasteiger partial charge in [0.25, 0.3) is 0 Å². The molecule has 1 rings (SSSR count). The van der Waals surface area contributed by atoms with Crippen molar-refractivity contribution in [3.05, 3.63) is 18.2 Å². The van der Waals surface area contributed by atoms with E-state index >= 15 is 0 Å². The van der Waals surface area contributed by atoms with E-state index in [9.17, 15) is 4.79 Å². The Kier molecular flexibility index (Phi) is 1.87. The minimum Gasteiger partial charge on any atom is -0.243 e. The highest BCUT2D eigenvalue weighted by Crippen LogP contribution is 2.10. The Morgan fingerprint density at radius 3 is 3.10 bits per heavy atom. The molecule has 0 aliphatic rings. The number of hydrogen-bond acceptors (Lipinski definition) is 4. The van der Waals surface area contributed by atoms with Crippen molar-refractivity contribution in [3.63, 3.8) is 0 Å². The number of aromatic nitrogens is 2. The summed E-state index contributed by atoms with van der Waals surface area (Å²) in [4.78, 5) is 20.6. The summed E-state index contributed by atoms with van der Waals surface area (Å²) in [5.41, 5.74) is 1.15. The molecule has 0 atom stereocenters. The molecule has 0 aliphatic heterocycles. The lowest BCUT2D eigenvalue weighted by Crippen LogP contribution is -1.81. The number of isocyanates is 1. The minimum absolute atomic E-state index is 0.470. The molecule has 4 heteroatoms. The summed E-state index contributed by atoms with van der Waals surface area (Å²) in [5.74, 6) is 0. The Morgan fingerprint density at radius 2 is 2.50 bits per heavy atom. The van der Waals surface area contributed by atoms with Gasteiger partial charge in [0, 0.05) is 0 Å². The number of hydrogen-bond donors (Lipinski definition) is 0. The second kappa shape index (κ2) is 2.85. The molecule has 1 aromatic rings. The summed E-state index contributed by atoms with van der Waals surface area (Å²) >= 11 is 0. The molecule has 1 heterocycles. The van der Waals surface area contributed by atoms with Crippen LogP contribution in [-0.2, 0) is 4.79 Å². The number of nitrogens with zero attached hydrogens (tertiary/aromatic N) is 3. The second-order valence-corrected chi connectivity index (χ2v) is 1.70. The maximum Gasteiger partial charge on any atom is 0.240 e. The molecule has 4 nitrogen and oxygen atoms in total. The van der Waals surface area contributed by atoms with Crippen LogP contribution in [0.4, 0.5) is 5.69 Å². The van der Waals surface area contributed by atoms with E-state index < -0.39 is 0 Å². The van der Waals surface area contributed by atoms with Crippen LogP contribution in [0.25, 0.3) is 0 Å². The van der Waals surface area contributed by atoms with Gasteiger partial charge in [-0.25, -0.2) is 14.8 Å². The molecule has 0 bridgehead atoms. The quantitative estimate of drug-likeness (QED) is 0.421. The van der Waals surface area contributed by atoms with E-state index in [1.54, 1.807) is 6.92 Å². The maximum atomic E-state index is 9.78. The lowest BCUT2D eigenvalue weighted by molar-refractivity contribution is 0.565. The zero-order valence-corrected chi connectivity index (χ0v) is 5.40. The summed E-state index contributed by atoms with van der Waals surface area (Å²) in [6.45, 7) is 1.75. The fourth-order valence-corrected chi connectivity index (χ4v) is 0.542. The largest absolute Gasteiger partial charge is 0.243 e. The maximum absolute atomic E-state index is 9.78. The zero-order chi connectivity index (χ0) is 7.40. The van der Waals surface area contributed by atoms with Gasteiger partial charge in [-0.05, 0) is 6.92 Å². The first kappa shape index (κ1) is 6.58. The molecule has 50 valence electrons. The van der Waals surface area contributed by atoms with Crippen LogP contribution >= 0.6 is 0 Å². The Morgan fingerprint density at radius 1 is 1.70 bits per heavy atom. The van der Waals surface area contributed by atoms with Crippen LogP contribution in [0.1, 0.15) is 5.69 Å². The Labute approximate surface area is 57.7 Å². The molecule has 0 saturated carbocycles. The first-order valence-electron chi connectivity index (χ1n) is 2.69. The fourth-order valence-electron chi connectivity index (χ4n) is 0.542. The van der Waals surface area contributed by atoms with Crippen LogP contribution in [0, 0.1) is 6.92 Å². The predicted molar refractivity (Wildman–Crippen MR) is 34.6 cm³/mol. The fraction of sp³-hybridized carbons (Fsp3) is 0.167. The van der Waals surface area contributed by atoms with Crippen LogP contribution in [0.3, 0.4) is 0 Å². The molecule has 0 amide bonds. The molecular weight excluding hydrogens is 130 g/mol. The van der Waals surface area contributed by atoms with Crippen molar-refractivity contribution >= 4 is 11.8 Å². The van der Waals surface area contributed by atoms with E-state index in [2.05, 4.69) is 15.0 Å². The number of aryl methyl sites for hydroxylation is 1. The normalized spacial score (nSPS) is 8.50. The highest BCUT2D eigenvalue weighted by molar-refractivity contribution is 5.49. The minimum atomic E-state index is 0.470. The van der Waals surface area contributed by atoms with E-state index in [-0.39, 0.29) is 0 Å². The van der Waals surface area contributed by atoms with Crippen molar-refractivity contribution in [2.45, 2.75) is 6.92 Å². The molecule has 0 saturated heterocycles. The average Bonchev–Trinajstić information content (AvgIpc) is 1.94. The smallest absolute Gasteiger partial charge is 0.240 e. The van der Waals surface area contributed by atoms with Gasteiger partial charge in [-0.3, -0.25) is 0 Å². The van der Waals surface area contributed by atoms with Gasteiger partial charge in [0.1, 0.15) is 12.0 Å². The molecular formula is C6H5N3O. The first-order valence-corrected chi connectivity index (χ1v) is 2.69. The molecule has 0 spiro atoms. The topological polar surface area (TPSA) is 55.2 Å². The van der Waals surface area contributed by atoms with Gasteiger partial charge in [0.05, 0.1) is 11.9 Å². The molecule has 0 N–H and O–H groups in total. The molecule has 0 aromatic carbocycles. The van der Waals surface area contributed by atoms with Gasteiger partial charge < -0.3 is 0 Å². The zero-order valence-electron chi connectivity index (χ0n) is 5.40. The van der Waals surface area contributed by atoms with E-state index in [1.165, 1.54) is 18.6 Å². The van der Waals surface area contributed by atoms with E-state index in [0.29, 0.717) is 11.4 Å². The van der Waals surface area contributed by atoms with Crippen molar-refractivity contribution in [3.8, 4) is 0 Å². The van der Waals surface area contributed by atoms with Crippen molar-refractivity contribution in [1.29, 1.82) is 0 Å². The van der Waals surface area contributed by atoms with Crippen molar-refractivity contribution in [1.82, 2.24) is 9.97 Å². The second-order valence-electron chi connectivity index (χ2n) is 1.70. The van der Waals surface area contributed by atoms with Gasteiger partial charge in [-0.15, -0.1) is 0 Å². The summed E-state index contributed by atoms with van der Waals surface area (Å²) in [7, 11) is 0. The summed E-state index contributed by atoms with van der Waals surface area (Å²) in [5, 5.41) is 0. The summed E-state index contributed by atoms with van der Waals surface area (Å²) < 4.78 is 0. The molecule has 0 unspecified atom stereocenters. The molecule has 0 radical (unpaired) electrons. The standard InChI is InChI=1S/C6H5N3O/c1-5-6(9-4-10)2-7-3-8-5/h2-3H,1H3. The van der Waals surface area contributed by atoms with Gasteiger partial charge in [-0.2, -0.15) is 4.99 Å².